The number of hydrogen-bond acceptors (Lipinski definition) is 3. The fraction of sp³-hybridized carbons (Fsp3) is 0.571. The molecule has 76 valence electrons. The van der Waals surface area contributed by atoms with Gasteiger partial charge in [0.1, 0.15) is 0 Å². The summed E-state index contributed by atoms with van der Waals surface area (Å²) in [5, 5.41) is 8.52. The molecule has 0 saturated carbocycles. The highest BCUT2D eigenvalue weighted by atomic mass is 32.2. The molecule has 5 nitrogen and oxygen atoms in total. The highest BCUT2D eigenvalue weighted by Gasteiger charge is 2.06. The van der Waals surface area contributed by atoms with E-state index in [1.165, 1.54) is 6.08 Å². The SMILES string of the molecule is CCC(=CCCS(=O)(=O)O)C(=O)O. The van der Waals surface area contributed by atoms with Crippen molar-refractivity contribution >= 4 is 16.1 Å². The molecule has 0 fully saturated rings. The van der Waals surface area contributed by atoms with Gasteiger partial charge in [-0.2, -0.15) is 8.42 Å². The van der Waals surface area contributed by atoms with Crippen molar-refractivity contribution in [1.82, 2.24) is 0 Å². The van der Waals surface area contributed by atoms with Gasteiger partial charge in [-0.25, -0.2) is 4.79 Å². The van der Waals surface area contributed by atoms with E-state index in [0.717, 1.165) is 0 Å². The van der Waals surface area contributed by atoms with Crippen LogP contribution in [0.5, 0.6) is 0 Å². The third-order valence-electron chi connectivity index (χ3n) is 1.42. The maximum Gasteiger partial charge on any atom is 0.331 e. The van der Waals surface area contributed by atoms with Gasteiger partial charge in [-0.05, 0) is 12.8 Å². The van der Waals surface area contributed by atoms with Crippen LogP contribution in [0, 0.1) is 0 Å². The minimum atomic E-state index is -3.99. The molecule has 0 radical (unpaired) electrons. The van der Waals surface area contributed by atoms with Crippen LogP contribution in [0.4, 0.5) is 0 Å². The normalized spacial score (nSPS) is 12.9. The molecule has 0 amide bonds. The average molecular weight is 208 g/mol. The Morgan fingerprint density at radius 2 is 2.00 bits per heavy atom. The van der Waals surface area contributed by atoms with Crippen LogP contribution in [0.15, 0.2) is 11.6 Å². The molecule has 0 aromatic rings. The van der Waals surface area contributed by atoms with Crippen LogP contribution in [-0.2, 0) is 14.9 Å². The Kier molecular flexibility index (Phi) is 4.64. The van der Waals surface area contributed by atoms with Crippen molar-refractivity contribution in [2.75, 3.05) is 5.75 Å². The molecule has 0 saturated heterocycles. The molecular formula is C7H12O5S. The smallest absolute Gasteiger partial charge is 0.331 e. The molecule has 0 atom stereocenters. The lowest BCUT2D eigenvalue weighted by Crippen LogP contribution is -2.04. The maximum atomic E-state index is 10.4. The highest BCUT2D eigenvalue weighted by Crippen LogP contribution is 2.03. The third-order valence-corrected chi connectivity index (χ3v) is 2.17. The van der Waals surface area contributed by atoms with Crippen LogP contribution in [0.1, 0.15) is 19.8 Å². The van der Waals surface area contributed by atoms with Gasteiger partial charge in [-0.3, -0.25) is 4.55 Å². The Morgan fingerprint density at radius 1 is 1.46 bits per heavy atom. The fourth-order valence-corrected chi connectivity index (χ4v) is 1.18. The molecule has 0 rings (SSSR count). The standard InChI is InChI=1S/C7H12O5S/c1-2-6(7(8)9)4-3-5-13(10,11)12/h4H,2-3,5H2,1H3,(H,8,9)(H,10,11,12). The quantitative estimate of drug-likeness (QED) is 0.512. The van der Waals surface area contributed by atoms with Crippen molar-refractivity contribution in [3.63, 3.8) is 0 Å². The predicted octanol–water partition coefficient (Wildman–Crippen LogP) is 0.685. The van der Waals surface area contributed by atoms with Crippen molar-refractivity contribution in [2.45, 2.75) is 19.8 Å². The lowest BCUT2D eigenvalue weighted by atomic mass is 10.2. The van der Waals surface area contributed by atoms with E-state index in [4.69, 9.17) is 9.66 Å². The Balaban J connectivity index is 4.18. The third kappa shape index (κ3) is 6.30. The zero-order valence-corrected chi connectivity index (χ0v) is 8.04. The molecule has 0 spiro atoms. The molecule has 0 bridgehead atoms. The van der Waals surface area contributed by atoms with Gasteiger partial charge in [-0.15, -0.1) is 0 Å². The van der Waals surface area contributed by atoms with Crippen LogP contribution in [0.3, 0.4) is 0 Å². The van der Waals surface area contributed by atoms with Gasteiger partial charge in [0.15, 0.2) is 0 Å². The molecule has 0 aromatic heterocycles. The van der Waals surface area contributed by atoms with E-state index in [0.29, 0.717) is 6.42 Å². The lowest BCUT2D eigenvalue weighted by molar-refractivity contribution is -0.132. The first-order valence-corrected chi connectivity index (χ1v) is 5.35. The predicted molar refractivity (Wildman–Crippen MR) is 47.0 cm³/mol. The molecule has 0 aliphatic heterocycles. The molecule has 0 aliphatic rings. The summed E-state index contributed by atoms with van der Waals surface area (Å²) in [5.41, 5.74) is 0.156. The Hall–Kier alpha value is -0.880. The largest absolute Gasteiger partial charge is 0.478 e. The molecular weight excluding hydrogens is 196 g/mol. The van der Waals surface area contributed by atoms with E-state index >= 15 is 0 Å². The Morgan fingerprint density at radius 3 is 2.31 bits per heavy atom. The molecule has 2 N–H and O–H groups in total. The number of rotatable bonds is 5. The average Bonchev–Trinajstić information content (AvgIpc) is 1.95. The summed E-state index contributed by atoms with van der Waals surface area (Å²) in [6.07, 6.45) is 1.66. The van der Waals surface area contributed by atoms with Gasteiger partial charge in [0.25, 0.3) is 10.1 Å². The van der Waals surface area contributed by atoms with E-state index in [-0.39, 0.29) is 12.0 Å². The van der Waals surface area contributed by atoms with Gasteiger partial charge in [0.05, 0.1) is 5.75 Å². The number of carboxylic acids is 1. The van der Waals surface area contributed by atoms with E-state index in [2.05, 4.69) is 0 Å². The minimum absolute atomic E-state index is 0.0221. The van der Waals surface area contributed by atoms with Crippen LogP contribution < -0.4 is 0 Å². The second-order valence-corrected chi connectivity index (χ2v) is 4.03. The van der Waals surface area contributed by atoms with Crippen LogP contribution in [-0.4, -0.2) is 29.8 Å². The Bertz CT molecular complexity index is 301. The van der Waals surface area contributed by atoms with Gasteiger partial charge < -0.3 is 5.11 Å². The highest BCUT2D eigenvalue weighted by molar-refractivity contribution is 7.85. The van der Waals surface area contributed by atoms with Crippen LogP contribution >= 0.6 is 0 Å². The summed E-state index contributed by atoms with van der Waals surface area (Å²) >= 11 is 0. The number of aliphatic carboxylic acids is 1. The van der Waals surface area contributed by atoms with Crippen molar-refractivity contribution in [3.8, 4) is 0 Å². The summed E-state index contributed by atoms with van der Waals surface area (Å²) in [7, 11) is -3.99. The summed E-state index contributed by atoms with van der Waals surface area (Å²) in [6.45, 7) is 1.66. The molecule has 0 heterocycles. The summed E-state index contributed by atoms with van der Waals surface area (Å²) < 4.78 is 28.8. The molecule has 0 aliphatic carbocycles. The summed E-state index contributed by atoms with van der Waals surface area (Å²) in [4.78, 5) is 10.4. The zero-order valence-electron chi connectivity index (χ0n) is 7.23. The minimum Gasteiger partial charge on any atom is -0.478 e. The first-order valence-electron chi connectivity index (χ1n) is 3.74. The van der Waals surface area contributed by atoms with Crippen LogP contribution in [0.2, 0.25) is 0 Å². The molecule has 6 heteroatoms. The molecule has 0 aromatic carbocycles. The first-order chi connectivity index (χ1) is 5.87. The molecule has 0 unspecified atom stereocenters. The first kappa shape index (κ1) is 12.1. The van der Waals surface area contributed by atoms with Crippen LogP contribution in [0.25, 0.3) is 0 Å². The molecule has 13 heavy (non-hydrogen) atoms. The fourth-order valence-electron chi connectivity index (χ4n) is 0.765. The van der Waals surface area contributed by atoms with E-state index in [9.17, 15) is 13.2 Å². The second-order valence-electron chi connectivity index (χ2n) is 2.46. The number of carbonyl (C=O) groups is 1. The van der Waals surface area contributed by atoms with Crippen molar-refractivity contribution in [2.24, 2.45) is 0 Å². The van der Waals surface area contributed by atoms with Crippen molar-refractivity contribution in [1.29, 1.82) is 0 Å². The lowest BCUT2D eigenvalue weighted by Gasteiger charge is -1.96. The second kappa shape index (κ2) is 4.98. The number of hydrogen-bond donors (Lipinski definition) is 2. The van der Waals surface area contributed by atoms with E-state index in [1.807, 2.05) is 0 Å². The van der Waals surface area contributed by atoms with Gasteiger partial charge in [-0.1, -0.05) is 13.0 Å². The van der Waals surface area contributed by atoms with E-state index < -0.39 is 21.8 Å². The van der Waals surface area contributed by atoms with Gasteiger partial charge in [0.2, 0.25) is 0 Å². The van der Waals surface area contributed by atoms with E-state index in [1.54, 1.807) is 6.92 Å². The van der Waals surface area contributed by atoms with Gasteiger partial charge >= 0.3 is 5.97 Å². The van der Waals surface area contributed by atoms with Crippen molar-refractivity contribution < 1.29 is 22.9 Å². The summed E-state index contributed by atoms with van der Waals surface area (Å²) in [5.74, 6) is -1.50. The number of allylic oxidation sites excluding steroid dienone is 1. The number of carboxylic acid groups (broad SMARTS) is 1. The Labute approximate surface area is 76.8 Å². The maximum absolute atomic E-state index is 10.4. The van der Waals surface area contributed by atoms with Crippen molar-refractivity contribution in [3.05, 3.63) is 11.6 Å². The van der Waals surface area contributed by atoms with Gasteiger partial charge in [0, 0.05) is 5.57 Å². The monoisotopic (exact) mass is 208 g/mol. The zero-order chi connectivity index (χ0) is 10.5. The summed E-state index contributed by atoms with van der Waals surface area (Å²) in [6, 6.07) is 0. The topological polar surface area (TPSA) is 91.7 Å².